The summed E-state index contributed by atoms with van der Waals surface area (Å²) in [4.78, 5) is 4.16. The molecule has 0 atom stereocenters. The van der Waals surface area contributed by atoms with Crippen molar-refractivity contribution >= 4 is 26.7 Å². The molecule has 0 unspecified atom stereocenters. The largest absolute Gasteiger partial charge is 0.359 e. The van der Waals surface area contributed by atoms with E-state index in [9.17, 15) is 8.42 Å². The van der Waals surface area contributed by atoms with Crippen LogP contribution in [0, 0.1) is 0 Å². The van der Waals surface area contributed by atoms with Crippen LogP contribution in [0.4, 0.5) is 5.13 Å². The summed E-state index contributed by atoms with van der Waals surface area (Å²) in [5, 5.41) is 3.58. The molecule has 1 aromatic heterocycles. The zero-order chi connectivity index (χ0) is 11.3. The van der Waals surface area contributed by atoms with E-state index >= 15 is 0 Å². The first-order chi connectivity index (χ1) is 7.07. The van der Waals surface area contributed by atoms with Crippen molar-refractivity contribution in [3.05, 3.63) is 5.82 Å². The van der Waals surface area contributed by atoms with E-state index in [0.29, 0.717) is 11.7 Å². The summed E-state index contributed by atoms with van der Waals surface area (Å²) in [6.07, 6.45) is 0.785. The molecule has 0 aromatic carbocycles. The van der Waals surface area contributed by atoms with Crippen molar-refractivity contribution in [2.24, 2.45) is 0 Å². The molecule has 1 rings (SSSR count). The van der Waals surface area contributed by atoms with E-state index in [4.69, 9.17) is 0 Å². The molecule has 0 saturated heterocycles. The molecule has 1 heterocycles. The highest BCUT2D eigenvalue weighted by Gasteiger charge is 2.07. The third kappa shape index (κ3) is 4.10. The van der Waals surface area contributed by atoms with Gasteiger partial charge in [0.2, 0.25) is 15.2 Å². The van der Waals surface area contributed by atoms with Crippen LogP contribution >= 0.6 is 11.5 Å². The van der Waals surface area contributed by atoms with Crippen LogP contribution in [0.15, 0.2) is 0 Å². The molecular weight excluding hydrogens is 236 g/mol. The van der Waals surface area contributed by atoms with Gasteiger partial charge in [-0.25, -0.2) is 18.1 Å². The molecule has 0 aliphatic heterocycles. The normalized spacial score (nSPS) is 11.6. The molecule has 0 saturated carbocycles. The highest BCUT2D eigenvalue weighted by Crippen LogP contribution is 2.10. The molecule has 1 aromatic rings. The molecule has 0 spiro atoms. The smallest absolute Gasteiger partial charge is 0.213 e. The summed E-state index contributed by atoms with van der Waals surface area (Å²) in [7, 11) is -1.75. The van der Waals surface area contributed by atoms with Crippen LogP contribution < -0.4 is 10.0 Å². The Kier molecular flexibility index (Phi) is 4.43. The van der Waals surface area contributed by atoms with Crippen LogP contribution in [0.5, 0.6) is 0 Å². The average molecular weight is 250 g/mol. The monoisotopic (exact) mass is 250 g/mol. The first-order valence-electron chi connectivity index (χ1n) is 4.55. The fourth-order valence-corrected chi connectivity index (χ4v) is 2.11. The standard InChI is InChI=1S/C7H14N4O2S2/c1-3-6-10-7(14-11-6)9-4-5-15(12,13)8-2/h8H,3-5H2,1-2H3,(H,9,10,11). The van der Waals surface area contributed by atoms with Crippen molar-refractivity contribution in [2.45, 2.75) is 13.3 Å². The van der Waals surface area contributed by atoms with E-state index in [0.717, 1.165) is 12.2 Å². The SMILES string of the molecule is CCc1nsc(NCCS(=O)(=O)NC)n1. The van der Waals surface area contributed by atoms with E-state index in [1.165, 1.54) is 18.6 Å². The minimum absolute atomic E-state index is 0.0323. The number of aromatic nitrogens is 2. The van der Waals surface area contributed by atoms with E-state index in [1.807, 2.05) is 6.92 Å². The maximum atomic E-state index is 11.1. The molecule has 8 heteroatoms. The van der Waals surface area contributed by atoms with E-state index in [-0.39, 0.29) is 5.75 Å². The Balaban J connectivity index is 2.38. The molecule has 0 fully saturated rings. The second kappa shape index (κ2) is 5.38. The molecule has 6 nitrogen and oxygen atoms in total. The lowest BCUT2D eigenvalue weighted by molar-refractivity contribution is 0.588. The fraction of sp³-hybridized carbons (Fsp3) is 0.714. The molecule has 0 bridgehead atoms. The Labute approximate surface area is 93.3 Å². The van der Waals surface area contributed by atoms with Crippen molar-refractivity contribution in [1.82, 2.24) is 14.1 Å². The highest BCUT2D eigenvalue weighted by atomic mass is 32.2. The molecular formula is C7H14N4O2S2. The number of hydrogen-bond donors (Lipinski definition) is 2. The van der Waals surface area contributed by atoms with Gasteiger partial charge in [0.05, 0.1) is 5.75 Å². The number of nitrogens with zero attached hydrogens (tertiary/aromatic N) is 2. The Morgan fingerprint density at radius 3 is 2.73 bits per heavy atom. The topological polar surface area (TPSA) is 84.0 Å². The number of rotatable bonds is 6. The number of nitrogens with one attached hydrogen (secondary N) is 2. The first kappa shape index (κ1) is 12.3. The van der Waals surface area contributed by atoms with Gasteiger partial charge >= 0.3 is 0 Å². The Morgan fingerprint density at radius 2 is 2.20 bits per heavy atom. The van der Waals surface area contributed by atoms with Gasteiger partial charge in [0.1, 0.15) is 5.82 Å². The van der Waals surface area contributed by atoms with Gasteiger partial charge in [0, 0.05) is 24.5 Å². The molecule has 0 aliphatic carbocycles. The van der Waals surface area contributed by atoms with Gasteiger partial charge < -0.3 is 5.32 Å². The summed E-state index contributed by atoms with van der Waals surface area (Å²) < 4.78 is 28.5. The highest BCUT2D eigenvalue weighted by molar-refractivity contribution is 7.89. The summed E-state index contributed by atoms with van der Waals surface area (Å²) in [6.45, 7) is 2.30. The number of hydrogen-bond acceptors (Lipinski definition) is 6. The van der Waals surface area contributed by atoms with Gasteiger partial charge in [0.25, 0.3) is 0 Å². The van der Waals surface area contributed by atoms with Crippen LogP contribution in [-0.2, 0) is 16.4 Å². The predicted octanol–water partition coefficient (Wildman–Crippen LogP) is 0.0616. The lowest BCUT2D eigenvalue weighted by Gasteiger charge is -2.02. The Bertz CT molecular complexity index is 401. The minimum atomic E-state index is -3.14. The van der Waals surface area contributed by atoms with E-state index in [2.05, 4.69) is 19.4 Å². The van der Waals surface area contributed by atoms with Crippen molar-refractivity contribution < 1.29 is 8.42 Å². The van der Waals surface area contributed by atoms with Crippen LogP contribution in [0.2, 0.25) is 0 Å². The molecule has 15 heavy (non-hydrogen) atoms. The zero-order valence-electron chi connectivity index (χ0n) is 8.65. The van der Waals surface area contributed by atoms with Gasteiger partial charge in [-0.2, -0.15) is 4.37 Å². The van der Waals surface area contributed by atoms with E-state index in [1.54, 1.807) is 0 Å². The fourth-order valence-electron chi connectivity index (χ4n) is 0.864. The third-order valence-electron chi connectivity index (χ3n) is 1.74. The van der Waals surface area contributed by atoms with Crippen molar-refractivity contribution in [1.29, 1.82) is 0 Å². The number of sulfonamides is 1. The average Bonchev–Trinajstić information content (AvgIpc) is 2.66. The Hall–Kier alpha value is -0.730. The summed E-state index contributed by atoms with van der Waals surface area (Å²) in [5.41, 5.74) is 0. The van der Waals surface area contributed by atoms with Crippen LogP contribution in [0.3, 0.4) is 0 Å². The second-order valence-electron chi connectivity index (χ2n) is 2.82. The van der Waals surface area contributed by atoms with Crippen LogP contribution in [0.25, 0.3) is 0 Å². The minimum Gasteiger partial charge on any atom is -0.359 e. The zero-order valence-corrected chi connectivity index (χ0v) is 10.3. The molecule has 2 N–H and O–H groups in total. The second-order valence-corrected chi connectivity index (χ2v) is 5.62. The Morgan fingerprint density at radius 1 is 1.47 bits per heavy atom. The van der Waals surface area contributed by atoms with Crippen molar-refractivity contribution in [3.63, 3.8) is 0 Å². The van der Waals surface area contributed by atoms with Gasteiger partial charge in [-0.1, -0.05) is 6.92 Å². The van der Waals surface area contributed by atoms with Crippen molar-refractivity contribution in [3.8, 4) is 0 Å². The molecule has 0 radical (unpaired) electrons. The van der Waals surface area contributed by atoms with Gasteiger partial charge in [-0.05, 0) is 7.05 Å². The third-order valence-corrected chi connectivity index (χ3v) is 3.82. The lowest BCUT2D eigenvalue weighted by Crippen LogP contribution is -2.26. The number of anilines is 1. The van der Waals surface area contributed by atoms with Crippen molar-refractivity contribution in [2.75, 3.05) is 24.7 Å². The summed E-state index contributed by atoms with van der Waals surface area (Å²) >= 11 is 1.24. The summed E-state index contributed by atoms with van der Waals surface area (Å²) in [6, 6.07) is 0. The maximum absolute atomic E-state index is 11.1. The van der Waals surface area contributed by atoms with Gasteiger partial charge in [0.15, 0.2) is 0 Å². The molecule has 0 aliphatic rings. The van der Waals surface area contributed by atoms with E-state index < -0.39 is 10.0 Å². The molecule has 86 valence electrons. The maximum Gasteiger partial charge on any atom is 0.213 e. The van der Waals surface area contributed by atoms with Gasteiger partial charge in [-0.15, -0.1) is 0 Å². The number of aryl methyl sites for hydroxylation is 1. The molecule has 0 amide bonds. The quantitative estimate of drug-likeness (QED) is 0.746. The first-order valence-corrected chi connectivity index (χ1v) is 6.97. The summed E-state index contributed by atoms with van der Waals surface area (Å²) in [5.74, 6) is 0.809. The lowest BCUT2D eigenvalue weighted by atomic mass is 10.5. The predicted molar refractivity (Wildman–Crippen MR) is 60.6 cm³/mol. The van der Waals surface area contributed by atoms with Crippen LogP contribution in [0.1, 0.15) is 12.7 Å². The van der Waals surface area contributed by atoms with Gasteiger partial charge in [-0.3, -0.25) is 0 Å². The van der Waals surface area contributed by atoms with Crippen LogP contribution in [-0.4, -0.2) is 37.1 Å².